The molecule has 7 nitrogen and oxygen atoms in total. The Morgan fingerprint density at radius 3 is 2.88 bits per heavy atom. The number of nitrogens with zero attached hydrogens (tertiary/aromatic N) is 4. The predicted molar refractivity (Wildman–Crippen MR) is 101 cm³/mol. The molecule has 136 valence electrons. The first kappa shape index (κ1) is 16.9. The van der Waals surface area contributed by atoms with Crippen LogP contribution in [-0.4, -0.2) is 33.5 Å². The summed E-state index contributed by atoms with van der Waals surface area (Å²) >= 11 is 1.65. The van der Waals surface area contributed by atoms with Crippen molar-refractivity contribution in [1.82, 2.24) is 19.7 Å². The van der Waals surface area contributed by atoms with Gasteiger partial charge in [0, 0.05) is 37.3 Å². The molecule has 0 atom stereocenters. The van der Waals surface area contributed by atoms with Crippen molar-refractivity contribution in [3.05, 3.63) is 46.6 Å². The summed E-state index contributed by atoms with van der Waals surface area (Å²) in [5, 5.41) is 8.54. The van der Waals surface area contributed by atoms with Crippen molar-refractivity contribution in [3.8, 4) is 11.5 Å². The third kappa shape index (κ3) is 3.66. The van der Waals surface area contributed by atoms with E-state index in [4.69, 9.17) is 9.47 Å². The first-order chi connectivity index (χ1) is 12.6. The molecule has 3 aromatic rings. The van der Waals surface area contributed by atoms with Crippen LogP contribution in [0.2, 0.25) is 0 Å². The summed E-state index contributed by atoms with van der Waals surface area (Å²) in [7, 11) is 4.02. The van der Waals surface area contributed by atoms with Crippen molar-refractivity contribution < 1.29 is 9.47 Å². The smallest absolute Gasteiger partial charge is 0.231 e. The lowest BCUT2D eigenvalue weighted by molar-refractivity contribution is 0.174. The van der Waals surface area contributed by atoms with Crippen LogP contribution >= 0.6 is 11.3 Å². The molecule has 3 heterocycles. The van der Waals surface area contributed by atoms with E-state index in [9.17, 15) is 0 Å². The molecule has 4 rings (SSSR count). The van der Waals surface area contributed by atoms with Crippen LogP contribution in [-0.2, 0) is 20.1 Å². The summed E-state index contributed by atoms with van der Waals surface area (Å²) < 4.78 is 12.6. The molecule has 0 amide bonds. The number of hydrogen-bond donors (Lipinski definition) is 1. The molecular weight excluding hydrogens is 350 g/mol. The SMILES string of the molecule is Cc1cc(Nc2ncc(CN(C)Cc3ccc4c(c3)OCO4)s2)n(C)n1. The molecule has 1 aromatic carbocycles. The number of ether oxygens (including phenoxy) is 2. The van der Waals surface area contributed by atoms with Gasteiger partial charge in [0.25, 0.3) is 0 Å². The van der Waals surface area contributed by atoms with Crippen LogP contribution in [0.3, 0.4) is 0 Å². The number of aromatic nitrogens is 3. The minimum Gasteiger partial charge on any atom is -0.454 e. The van der Waals surface area contributed by atoms with Gasteiger partial charge in [-0.25, -0.2) is 4.98 Å². The monoisotopic (exact) mass is 371 g/mol. The van der Waals surface area contributed by atoms with Crippen molar-refractivity contribution in [3.63, 3.8) is 0 Å². The second-order valence-electron chi connectivity index (χ2n) is 6.41. The fourth-order valence-electron chi connectivity index (χ4n) is 2.95. The number of aryl methyl sites for hydroxylation is 2. The van der Waals surface area contributed by atoms with Crippen LogP contribution in [0.5, 0.6) is 11.5 Å². The van der Waals surface area contributed by atoms with E-state index in [1.165, 1.54) is 10.4 Å². The summed E-state index contributed by atoms with van der Waals surface area (Å²) in [5.74, 6) is 2.59. The summed E-state index contributed by atoms with van der Waals surface area (Å²) in [5.41, 5.74) is 2.18. The summed E-state index contributed by atoms with van der Waals surface area (Å²) in [6, 6.07) is 8.10. The summed E-state index contributed by atoms with van der Waals surface area (Å²) in [6.45, 7) is 3.95. The second-order valence-corrected chi connectivity index (χ2v) is 7.53. The standard InChI is InChI=1S/C18H21N5O2S/c1-12-6-17(23(3)21-12)20-18-19-8-14(26-18)10-22(2)9-13-4-5-15-16(7-13)25-11-24-15/h4-8H,9-11H2,1-3H3,(H,19,20). The van der Waals surface area contributed by atoms with Crippen molar-refractivity contribution in [2.45, 2.75) is 20.0 Å². The molecule has 0 bridgehead atoms. The number of nitrogens with one attached hydrogen (secondary N) is 1. The summed E-state index contributed by atoms with van der Waals surface area (Å²) in [6.07, 6.45) is 1.92. The van der Waals surface area contributed by atoms with Gasteiger partial charge < -0.3 is 14.8 Å². The predicted octanol–water partition coefficient (Wildman–Crippen LogP) is 3.29. The number of hydrogen-bond acceptors (Lipinski definition) is 7. The maximum Gasteiger partial charge on any atom is 0.231 e. The van der Waals surface area contributed by atoms with E-state index in [2.05, 4.69) is 33.4 Å². The fourth-order valence-corrected chi connectivity index (χ4v) is 3.85. The topological polar surface area (TPSA) is 64.4 Å². The maximum absolute atomic E-state index is 5.45. The average Bonchev–Trinajstić information content (AvgIpc) is 3.29. The first-order valence-corrected chi connectivity index (χ1v) is 9.18. The van der Waals surface area contributed by atoms with Crippen LogP contribution in [0.25, 0.3) is 0 Å². The van der Waals surface area contributed by atoms with E-state index in [1.807, 2.05) is 43.0 Å². The lowest BCUT2D eigenvalue weighted by atomic mass is 10.2. The van der Waals surface area contributed by atoms with Gasteiger partial charge in [-0.15, -0.1) is 11.3 Å². The molecule has 0 radical (unpaired) electrons. The van der Waals surface area contributed by atoms with E-state index in [1.54, 1.807) is 11.3 Å². The molecule has 26 heavy (non-hydrogen) atoms. The molecule has 0 saturated carbocycles. The zero-order valence-corrected chi connectivity index (χ0v) is 15.8. The number of fused-ring (bicyclic) bond motifs is 1. The maximum atomic E-state index is 5.45. The minimum absolute atomic E-state index is 0.307. The van der Waals surface area contributed by atoms with Crippen LogP contribution in [0, 0.1) is 6.92 Å². The van der Waals surface area contributed by atoms with E-state index in [0.29, 0.717) is 6.79 Å². The minimum atomic E-state index is 0.307. The zero-order valence-electron chi connectivity index (χ0n) is 15.0. The van der Waals surface area contributed by atoms with Crippen molar-refractivity contribution >= 4 is 22.3 Å². The lowest BCUT2D eigenvalue weighted by Gasteiger charge is -2.15. The van der Waals surface area contributed by atoms with Gasteiger partial charge in [-0.1, -0.05) is 6.07 Å². The first-order valence-electron chi connectivity index (χ1n) is 8.36. The molecule has 0 unspecified atom stereocenters. The Kier molecular flexibility index (Phi) is 4.52. The van der Waals surface area contributed by atoms with Gasteiger partial charge in [-0.05, 0) is 31.7 Å². The Balaban J connectivity index is 1.37. The number of anilines is 2. The molecule has 0 saturated heterocycles. The van der Waals surface area contributed by atoms with E-state index in [0.717, 1.165) is 41.2 Å². The van der Waals surface area contributed by atoms with Gasteiger partial charge in [0.05, 0.1) is 5.69 Å². The molecule has 1 aliphatic rings. The number of thiazole rings is 1. The quantitative estimate of drug-likeness (QED) is 0.717. The third-order valence-corrected chi connectivity index (χ3v) is 5.00. The van der Waals surface area contributed by atoms with E-state index >= 15 is 0 Å². The Bertz CT molecular complexity index is 920. The molecule has 2 aromatic heterocycles. The normalized spacial score (nSPS) is 12.8. The van der Waals surface area contributed by atoms with Gasteiger partial charge >= 0.3 is 0 Å². The van der Waals surface area contributed by atoms with Gasteiger partial charge in [0.2, 0.25) is 6.79 Å². The second kappa shape index (κ2) is 6.97. The van der Waals surface area contributed by atoms with Gasteiger partial charge in [0.15, 0.2) is 16.6 Å². The fraction of sp³-hybridized carbons (Fsp3) is 0.333. The molecule has 0 spiro atoms. The molecule has 0 aliphatic carbocycles. The van der Waals surface area contributed by atoms with Crippen LogP contribution < -0.4 is 14.8 Å². The van der Waals surface area contributed by atoms with Crippen LogP contribution in [0.15, 0.2) is 30.5 Å². The number of rotatable bonds is 6. The molecular formula is C18H21N5O2S. The van der Waals surface area contributed by atoms with Crippen molar-refractivity contribution in [2.75, 3.05) is 19.2 Å². The largest absolute Gasteiger partial charge is 0.454 e. The Labute approximate surface area is 156 Å². The highest BCUT2D eigenvalue weighted by Gasteiger charge is 2.14. The lowest BCUT2D eigenvalue weighted by Crippen LogP contribution is -2.16. The van der Waals surface area contributed by atoms with E-state index < -0.39 is 0 Å². The molecule has 8 heteroatoms. The van der Waals surface area contributed by atoms with Gasteiger partial charge in [-0.2, -0.15) is 5.10 Å². The van der Waals surface area contributed by atoms with Gasteiger partial charge in [-0.3, -0.25) is 9.58 Å². The molecule has 1 aliphatic heterocycles. The highest BCUT2D eigenvalue weighted by Crippen LogP contribution is 2.33. The average molecular weight is 371 g/mol. The van der Waals surface area contributed by atoms with Gasteiger partial charge in [0.1, 0.15) is 5.82 Å². The van der Waals surface area contributed by atoms with Crippen molar-refractivity contribution in [2.24, 2.45) is 7.05 Å². The van der Waals surface area contributed by atoms with E-state index in [-0.39, 0.29) is 0 Å². The highest BCUT2D eigenvalue weighted by atomic mass is 32.1. The summed E-state index contributed by atoms with van der Waals surface area (Å²) in [4.78, 5) is 7.93. The van der Waals surface area contributed by atoms with Crippen LogP contribution in [0.1, 0.15) is 16.1 Å². The number of benzene rings is 1. The Morgan fingerprint density at radius 2 is 2.08 bits per heavy atom. The molecule has 0 fully saturated rings. The van der Waals surface area contributed by atoms with Crippen molar-refractivity contribution in [1.29, 1.82) is 0 Å². The zero-order chi connectivity index (χ0) is 18.1. The Hall–Kier alpha value is -2.58. The third-order valence-electron chi connectivity index (χ3n) is 4.11. The highest BCUT2D eigenvalue weighted by molar-refractivity contribution is 7.15. The molecule has 1 N–H and O–H groups in total. The van der Waals surface area contributed by atoms with Crippen LogP contribution in [0.4, 0.5) is 10.9 Å². The Morgan fingerprint density at radius 1 is 1.23 bits per heavy atom.